The van der Waals surface area contributed by atoms with Crippen LogP contribution in [0.25, 0.3) is 0 Å². The largest absolute Gasteiger partial charge is 0.416 e. The second kappa shape index (κ2) is 10.6. The Balaban J connectivity index is 2.15. The molecular formula is C18H27O2Si. The minimum absolute atomic E-state index is 0.322. The molecule has 0 N–H and O–H groups in total. The Morgan fingerprint density at radius 2 is 1.81 bits per heavy atom. The highest BCUT2D eigenvalue weighted by molar-refractivity contribution is 6.48. The van der Waals surface area contributed by atoms with E-state index >= 15 is 0 Å². The van der Waals surface area contributed by atoms with Crippen molar-refractivity contribution in [1.82, 2.24) is 0 Å². The van der Waals surface area contributed by atoms with E-state index in [1.165, 1.54) is 5.56 Å². The molecule has 0 saturated carbocycles. The zero-order valence-electron chi connectivity index (χ0n) is 13.7. The lowest BCUT2D eigenvalue weighted by molar-refractivity contribution is 0.0935. The Hall–Kier alpha value is -1.08. The Bertz CT molecular complexity index is 434. The maximum atomic E-state index is 5.73. The molecule has 2 nitrogen and oxygen atoms in total. The Morgan fingerprint density at radius 3 is 2.48 bits per heavy atom. The fraction of sp³-hybridized carbons (Fsp3) is 0.556. The summed E-state index contributed by atoms with van der Waals surface area (Å²) in [5, 5.41) is 0. The van der Waals surface area contributed by atoms with Crippen LogP contribution in [0.2, 0.25) is 13.1 Å². The van der Waals surface area contributed by atoms with Crippen LogP contribution >= 0.6 is 0 Å². The quantitative estimate of drug-likeness (QED) is 0.531. The first-order valence-electron chi connectivity index (χ1n) is 7.61. The third-order valence-corrected chi connectivity index (χ3v) is 3.68. The molecule has 0 aliphatic carbocycles. The normalized spacial score (nSPS) is 13.6. The van der Waals surface area contributed by atoms with Crippen molar-refractivity contribution in [3.05, 3.63) is 35.9 Å². The molecule has 1 rings (SSSR count). The van der Waals surface area contributed by atoms with Gasteiger partial charge in [-0.25, -0.2) is 0 Å². The van der Waals surface area contributed by atoms with Crippen molar-refractivity contribution in [3.8, 4) is 11.8 Å². The lowest BCUT2D eigenvalue weighted by Crippen LogP contribution is -2.13. The van der Waals surface area contributed by atoms with Gasteiger partial charge in [0.05, 0.1) is 13.2 Å². The zero-order chi connectivity index (χ0) is 15.5. The van der Waals surface area contributed by atoms with E-state index in [0.29, 0.717) is 18.4 Å². The molecule has 0 aliphatic rings. The molecule has 3 heteroatoms. The Labute approximate surface area is 131 Å². The highest BCUT2D eigenvalue weighted by Gasteiger charge is 2.03. The molecule has 0 saturated heterocycles. The maximum Gasteiger partial charge on any atom is 0.204 e. The van der Waals surface area contributed by atoms with E-state index in [-0.39, 0.29) is 0 Å². The lowest BCUT2D eigenvalue weighted by atomic mass is 10.1. The summed E-state index contributed by atoms with van der Waals surface area (Å²) in [6, 6.07) is 10.3. The van der Waals surface area contributed by atoms with Gasteiger partial charge >= 0.3 is 0 Å². The van der Waals surface area contributed by atoms with Gasteiger partial charge in [-0.3, -0.25) is 0 Å². The minimum Gasteiger partial charge on any atom is -0.416 e. The van der Waals surface area contributed by atoms with Gasteiger partial charge in [0.2, 0.25) is 9.04 Å². The van der Waals surface area contributed by atoms with Crippen LogP contribution in [0, 0.1) is 23.7 Å². The number of benzene rings is 1. The van der Waals surface area contributed by atoms with Crippen LogP contribution in [0.15, 0.2) is 30.3 Å². The number of rotatable bonds is 8. The fourth-order valence-corrected chi connectivity index (χ4v) is 2.34. The average Bonchev–Trinajstić information content (AvgIpc) is 2.46. The first-order chi connectivity index (χ1) is 10.1. The molecule has 0 heterocycles. The number of hydrogen-bond acceptors (Lipinski definition) is 2. The first-order valence-corrected chi connectivity index (χ1v) is 10.0. The number of hydrogen-bond donors (Lipinski definition) is 0. The van der Waals surface area contributed by atoms with E-state index in [1.807, 2.05) is 18.2 Å². The smallest absolute Gasteiger partial charge is 0.204 e. The van der Waals surface area contributed by atoms with Crippen LogP contribution < -0.4 is 0 Å². The van der Waals surface area contributed by atoms with Gasteiger partial charge in [-0.2, -0.15) is 0 Å². The third-order valence-electron chi connectivity index (χ3n) is 2.93. The summed E-state index contributed by atoms with van der Waals surface area (Å²) in [6.07, 6.45) is 0.884. The summed E-state index contributed by atoms with van der Waals surface area (Å²) >= 11 is 0. The molecule has 1 radical (unpaired) electrons. The molecule has 0 unspecified atom stereocenters. The topological polar surface area (TPSA) is 18.5 Å². The molecule has 21 heavy (non-hydrogen) atoms. The van der Waals surface area contributed by atoms with Crippen LogP contribution in [0.3, 0.4) is 0 Å². The molecule has 0 aromatic heterocycles. The van der Waals surface area contributed by atoms with E-state index in [9.17, 15) is 0 Å². The van der Waals surface area contributed by atoms with Crippen molar-refractivity contribution >= 4 is 9.04 Å². The molecule has 1 aromatic carbocycles. The Kier molecular flexibility index (Phi) is 9.08. The first kappa shape index (κ1) is 18.0. The maximum absolute atomic E-state index is 5.73. The van der Waals surface area contributed by atoms with Gasteiger partial charge in [0.15, 0.2) is 0 Å². The standard InChI is InChI=1S/C18H27O2Si/c1-16(9-8-10-17(2)14-20-21(3)4)13-19-15-18-11-6-5-7-12-18/h5-7,11-12,16-17H,9,13-15H2,1-4H3/t16-,17-/m1/s1. The third kappa shape index (κ3) is 9.46. The van der Waals surface area contributed by atoms with E-state index in [2.05, 4.69) is 50.9 Å². The molecule has 0 bridgehead atoms. The van der Waals surface area contributed by atoms with Crippen LogP contribution in [0.1, 0.15) is 25.8 Å². The molecule has 0 spiro atoms. The van der Waals surface area contributed by atoms with E-state index in [1.54, 1.807) is 0 Å². The second-order valence-corrected chi connectivity index (χ2v) is 7.86. The van der Waals surface area contributed by atoms with Crippen molar-refractivity contribution in [1.29, 1.82) is 0 Å². The van der Waals surface area contributed by atoms with Gasteiger partial charge in [-0.1, -0.05) is 43.2 Å². The van der Waals surface area contributed by atoms with Gasteiger partial charge < -0.3 is 9.16 Å². The molecular weight excluding hydrogens is 276 g/mol. The van der Waals surface area contributed by atoms with Crippen LogP contribution in [0.4, 0.5) is 0 Å². The summed E-state index contributed by atoms with van der Waals surface area (Å²) in [5.74, 6) is 7.31. The monoisotopic (exact) mass is 303 g/mol. The highest BCUT2D eigenvalue weighted by atomic mass is 28.3. The van der Waals surface area contributed by atoms with Crippen molar-refractivity contribution in [2.75, 3.05) is 13.2 Å². The van der Waals surface area contributed by atoms with Gasteiger partial charge in [0, 0.05) is 18.9 Å². The highest BCUT2D eigenvalue weighted by Crippen LogP contribution is 2.06. The average molecular weight is 303 g/mol. The summed E-state index contributed by atoms with van der Waals surface area (Å²) in [6.45, 7) is 10.8. The molecule has 2 atom stereocenters. The lowest BCUT2D eigenvalue weighted by Gasteiger charge is -2.10. The van der Waals surface area contributed by atoms with E-state index < -0.39 is 9.04 Å². The van der Waals surface area contributed by atoms with Crippen molar-refractivity contribution in [3.63, 3.8) is 0 Å². The number of ether oxygens (including phenoxy) is 1. The predicted octanol–water partition coefficient (Wildman–Crippen LogP) is 4.14. The SMILES string of the molecule is C[C@H](CC#C[C@@H](C)CO[Si](C)C)COCc1ccccc1. The van der Waals surface area contributed by atoms with Crippen LogP contribution in [-0.4, -0.2) is 22.3 Å². The van der Waals surface area contributed by atoms with Gasteiger partial charge in [0.25, 0.3) is 0 Å². The van der Waals surface area contributed by atoms with Crippen LogP contribution in [-0.2, 0) is 15.8 Å². The minimum atomic E-state index is -0.596. The molecule has 0 amide bonds. The van der Waals surface area contributed by atoms with E-state index in [4.69, 9.17) is 9.16 Å². The van der Waals surface area contributed by atoms with Crippen LogP contribution in [0.5, 0.6) is 0 Å². The van der Waals surface area contributed by atoms with E-state index in [0.717, 1.165) is 19.6 Å². The summed E-state index contributed by atoms with van der Waals surface area (Å²) in [5.41, 5.74) is 1.22. The van der Waals surface area contributed by atoms with Crippen molar-refractivity contribution in [2.45, 2.75) is 40.0 Å². The van der Waals surface area contributed by atoms with Gasteiger partial charge in [0.1, 0.15) is 0 Å². The second-order valence-electron chi connectivity index (χ2n) is 5.75. The van der Waals surface area contributed by atoms with Crippen molar-refractivity contribution < 1.29 is 9.16 Å². The summed E-state index contributed by atoms with van der Waals surface area (Å²) in [7, 11) is -0.596. The molecule has 0 aliphatic heterocycles. The zero-order valence-corrected chi connectivity index (χ0v) is 14.7. The summed E-state index contributed by atoms with van der Waals surface area (Å²) in [4.78, 5) is 0. The van der Waals surface area contributed by atoms with Crippen molar-refractivity contribution in [2.24, 2.45) is 11.8 Å². The predicted molar refractivity (Wildman–Crippen MR) is 90.3 cm³/mol. The summed E-state index contributed by atoms with van der Waals surface area (Å²) < 4.78 is 11.4. The van der Waals surface area contributed by atoms with Gasteiger partial charge in [-0.05, 0) is 31.5 Å². The molecule has 0 fully saturated rings. The fourth-order valence-electron chi connectivity index (χ4n) is 1.75. The Morgan fingerprint density at radius 1 is 1.10 bits per heavy atom. The molecule has 115 valence electrons. The molecule has 1 aromatic rings. The van der Waals surface area contributed by atoms with Gasteiger partial charge in [-0.15, -0.1) is 5.92 Å².